The summed E-state index contributed by atoms with van der Waals surface area (Å²) in [4.78, 5) is 60.3. The zero-order valence-electron chi connectivity index (χ0n) is 45.9. The van der Waals surface area contributed by atoms with Crippen LogP contribution in [0.1, 0.15) is 111 Å². The molecular formula is C59H72N14O6S. The number of aryl methyl sites for hydroxylation is 1. The van der Waals surface area contributed by atoms with Crippen LogP contribution in [-0.2, 0) is 9.59 Å². The van der Waals surface area contributed by atoms with Crippen LogP contribution in [0.2, 0.25) is 0 Å². The van der Waals surface area contributed by atoms with Crippen molar-refractivity contribution in [2.75, 3.05) is 74.4 Å². The summed E-state index contributed by atoms with van der Waals surface area (Å²) < 4.78 is 7.89. The summed E-state index contributed by atoms with van der Waals surface area (Å²) in [6.07, 6.45) is 6.75. The predicted molar refractivity (Wildman–Crippen MR) is 307 cm³/mol. The molecule has 9 heterocycles. The van der Waals surface area contributed by atoms with Gasteiger partial charge in [-0.05, 0) is 125 Å². The number of phenolic OH excluding ortho intramolecular Hbond substituents is 1. The van der Waals surface area contributed by atoms with E-state index in [0.29, 0.717) is 58.2 Å². The maximum absolute atomic E-state index is 14.4. The number of hydrogen-bond acceptors (Lipinski definition) is 17. The molecule has 1 unspecified atom stereocenters. The highest BCUT2D eigenvalue weighted by Gasteiger charge is 2.44. The molecule has 4 aliphatic heterocycles. The molecule has 21 heteroatoms. The number of benzene rings is 2. The summed E-state index contributed by atoms with van der Waals surface area (Å²) >= 11 is 1.60. The molecule has 0 saturated carbocycles. The number of rotatable bonds is 16. The molecule has 80 heavy (non-hydrogen) atoms. The lowest BCUT2D eigenvalue weighted by molar-refractivity contribution is -0.141. The highest BCUT2D eigenvalue weighted by Crippen LogP contribution is 2.37. The van der Waals surface area contributed by atoms with Gasteiger partial charge in [0.2, 0.25) is 11.8 Å². The number of nitrogens with one attached hydrogen (secondary N) is 2. The number of piperidine rings is 3. The number of thiazole rings is 1. The summed E-state index contributed by atoms with van der Waals surface area (Å²) in [5.74, 6) is 1.06. The third-order valence-electron chi connectivity index (χ3n) is 16.9. The van der Waals surface area contributed by atoms with Crippen LogP contribution in [0.3, 0.4) is 0 Å². The topological polar surface area (TPSA) is 250 Å². The number of hydrogen-bond donors (Lipinski definition) is 5. The SMILES string of the molecule is Cc1ncsc1-c1ccc([C@H](C)NC(=O)[C@@H]2C[C@@H](O)CN2C(=O)C(c2cc(N3CCC(CN4CCC(CNC(=O)c5cc(N6CCC(n7nc(N)c8nnc(-c9ccccc9O)cc87)CC6)ccn5)CC4)CC3)no2)C(C)C)cc1. The Hall–Kier alpha value is -7.49. The van der Waals surface area contributed by atoms with Crippen molar-refractivity contribution >= 4 is 57.4 Å². The molecule has 4 aliphatic rings. The number of para-hydroxylation sites is 1. The van der Waals surface area contributed by atoms with Crippen LogP contribution in [0.4, 0.5) is 17.3 Å². The van der Waals surface area contributed by atoms with E-state index in [1.807, 2.05) is 92.5 Å². The molecule has 11 rings (SSSR count). The number of anilines is 3. The quantitative estimate of drug-likeness (QED) is 0.0633. The molecule has 5 aromatic heterocycles. The zero-order valence-corrected chi connectivity index (χ0v) is 46.8. The van der Waals surface area contributed by atoms with Crippen LogP contribution in [0.25, 0.3) is 32.7 Å². The van der Waals surface area contributed by atoms with Gasteiger partial charge in [0.05, 0.1) is 45.5 Å². The molecule has 0 aliphatic carbocycles. The second-order valence-electron chi connectivity index (χ2n) is 22.6. The van der Waals surface area contributed by atoms with E-state index in [1.165, 1.54) is 4.90 Å². The molecule has 6 N–H and O–H groups in total. The van der Waals surface area contributed by atoms with E-state index < -0.39 is 18.1 Å². The first-order valence-corrected chi connectivity index (χ1v) is 29.1. The number of aliphatic hydroxyl groups excluding tert-OH is 1. The Labute approximate surface area is 469 Å². The number of aromatic nitrogens is 7. The predicted octanol–water partition coefficient (Wildman–Crippen LogP) is 7.37. The Bertz CT molecular complexity index is 3300. The number of fused-ring (bicyclic) bond motifs is 1. The first-order valence-electron chi connectivity index (χ1n) is 28.3. The Balaban J connectivity index is 0.612. The van der Waals surface area contributed by atoms with Gasteiger partial charge >= 0.3 is 0 Å². The molecule has 7 aromatic rings. The van der Waals surface area contributed by atoms with Gasteiger partial charge in [-0.3, -0.25) is 24.0 Å². The fraction of sp³-hybridized carbons (Fsp3) is 0.475. The number of pyridine rings is 1. The van der Waals surface area contributed by atoms with Crippen molar-refractivity contribution in [1.82, 2.24) is 55.5 Å². The van der Waals surface area contributed by atoms with E-state index in [0.717, 1.165) is 117 Å². The largest absolute Gasteiger partial charge is 0.507 e. The summed E-state index contributed by atoms with van der Waals surface area (Å²) in [7, 11) is 0. The van der Waals surface area contributed by atoms with Gasteiger partial charge < -0.3 is 50.7 Å². The first kappa shape index (κ1) is 54.5. The molecule has 0 radical (unpaired) electrons. The van der Waals surface area contributed by atoms with Crippen molar-refractivity contribution in [3.05, 3.63) is 107 Å². The molecule has 2 aromatic carbocycles. The van der Waals surface area contributed by atoms with E-state index >= 15 is 0 Å². The van der Waals surface area contributed by atoms with Crippen molar-refractivity contribution in [3.63, 3.8) is 0 Å². The molecule has 4 atom stereocenters. The molecular weight excluding hydrogens is 1030 g/mol. The van der Waals surface area contributed by atoms with E-state index in [2.05, 4.69) is 55.8 Å². The lowest BCUT2D eigenvalue weighted by Crippen LogP contribution is -2.48. The fourth-order valence-electron chi connectivity index (χ4n) is 12.3. The number of aliphatic hydroxyl groups is 1. The average molecular weight is 1110 g/mol. The monoisotopic (exact) mass is 1100 g/mol. The molecule has 0 bridgehead atoms. The average Bonchev–Trinajstić information content (AvgIpc) is 4.35. The summed E-state index contributed by atoms with van der Waals surface area (Å²) in [6, 6.07) is 21.7. The van der Waals surface area contributed by atoms with Crippen LogP contribution in [0, 0.1) is 24.7 Å². The maximum atomic E-state index is 14.4. The third kappa shape index (κ3) is 11.7. The molecule has 3 amide bonds. The highest BCUT2D eigenvalue weighted by atomic mass is 32.1. The Morgan fingerprint density at radius 3 is 2.33 bits per heavy atom. The molecule has 0 spiro atoms. The fourth-order valence-corrected chi connectivity index (χ4v) is 13.1. The number of amides is 3. The molecule has 420 valence electrons. The number of aromatic hydroxyl groups is 1. The van der Waals surface area contributed by atoms with Gasteiger partial charge in [0, 0.05) is 75.7 Å². The Kier molecular flexibility index (Phi) is 16.1. The van der Waals surface area contributed by atoms with Gasteiger partial charge in [-0.2, -0.15) is 5.10 Å². The van der Waals surface area contributed by atoms with Gasteiger partial charge in [-0.15, -0.1) is 21.5 Å². The second-order valence-corrected chi connectivity index (χ2v) is 23.5. The summed E-state index contributed by atoms with van der Waals surface area (Å²) in [5, 5.41) is 45.4. The van der Waals surface area contributed by atoms with E-state index in [4.69, 9.17) is 10.3 Å². The minimum Gasteiger partial charge on any atom is -0.507 e. The number of nitrogens with zero attached hydrogens (tertiary/aromatic N) is 11. The lowest BCUT2D eigenvalue weighted by Gasteiger charge is -2.37. The zero-order chi connectivity index (χ0) is 55.6. The van der Waals surface area contributed by atoms with Crippen LogP contribution in [0.15, 0.2) is 89.0 Å². The van der Waals surface area contributed by atoms with Crippen LogP contribution >= 0.6 is 11.3 Å². The second kappa shape index (κ2) is 23.7. The number of likely N-dealkylation sites (tertiary alicyclic amines) is 2. The Morgan fingerprint density at radius 2 is 1.60 bits per heavy atom. The lowest BCUT2D eigenvalue weighted by atomic mass is 9.91. The van der Waals surface area contributed by atoms with Crippen molar-refractivity contribution in [1.29, 1.82) is 0 Å². The minimum absolute atomic E-state index is 0.0731. The van der Waals surface area contributed by atoms with Crippen molar-refractivity contribution < 1.29 is 29.1 Å². The van der Waals surface area contributed by atoms with Crippen LogP contribution in [0.5, 0.6) is 5.75 Å². The number of carbonyl (C=O) groups excluding carboxylic acids is 3. The molecule has 4 saturated heterocycles. The van der Waals surface area contributed by atoms with Crippen LogP contribution < -0.4 is 26.2 Å². The van der Waals surface area contributed by atoms with Gasteiger partial charge in [0.25, 0.3) is 5.91 Å². The van der Waals surface area contributed by atoms with E-state index in [9.17, 15) is 24.6 Å². The standard InChI is InChI=1S/C59H72N14O6S/c1-35(2)53(59(78)72-33-44(74)28-49(72)58(77)64-36(3)40-9-11-41(12-10-40)55-37(4)63-34-80-55)51-30-52(68-79-51)71-23-16-39(17-24-71)32-69-21-14-38(15-22-69)31-62-57(76)47-27-43(13-20-61-47)70-25-18-42(19-26-70)73-48-29-46(45-7-5-6-8-50(45)75)65-66-54(48)56(60)67-73/h5-13,20,27,29-30,34-36,38-39,42,44,49,53,74-75H,14-19,21-26,28,31-33H2,1-4H3,(H2,60,67)(H,62,76)(H,64,77)/t36-,44+,49-,53?/m0/s1. The smallest absolute Gasteiger partial charge is 0.269 e. The highest BCUT2D eigenvalue weighted by molar-refractivity contribution is 7.13. The molecule has 4 fully saturated rings. The van der Waals surface area contributed by atoms with E-state index in [-0.39, 0.29) is 54.4 Å². The van der Waals surface area contributed by atoms with Crippen molar-refractivity contribution in [2.24, 2.45) is 17.8 Å². The van der Waals surface area contributed by atoms with Gasteiger partial charge in [0.1, 0.15) is 23.4 Å². The third-order valence-corrected chi connectivity index (χ3v) is 17.9. The number of β-amino-alcohol motifs (C(OH)–C–C–N with tert-alkyl or cyclic N) is 1. The normalized spacial score (nSPS) is 19.7. The van der Waals surface area contributed by atoms with Crippen molar-refractivity contribution in [2.45, 2.75) is 103 Å². The van der Waals surface area contributed by atoms with Crippen molar-refractivity contribution in [3.8, 4) is 27.4 Å². The first-order chi connectivity index (χ1) is 38.7. The molecule has 20 nitrogen and oxygen atoms in total. The van der Waals surface area contributed by atoms with E-state index in [1.54, 1.807) is 35.7 Å². The van der Waals surface area contributed by atoms with Gasteiger partial charge in [-0.1, -0.05) is 55.4 Å². The van der Waals surface area contributed by atoms with Gasteiger partial charge in [-0.25, -0.2) is 4.98 Å². The van der Waals surface area contributed by atoms with Gasteiger partial charge in [0.15, 0.2) is 22.9 Å². The van der Waals surface area contributed by atoms with Crippen LogP contribution in [-0.4, -0.2) is 144 Å². The summed E-state index contributed by atoms with van der Waals surface area (Å²) in [6.45, 7) is 14.7. The summed E-state index contributed by atoms with van der Waals surface area (Å²) in [5.41, 5.74) is 15.0. The minimum atomic E-state index is -0.813. The number of nitrogens with two attached hydrogens (primary N) is 1. The number of nitrogen functional groups attached to an aromatic ring is 1. The Morgan fingerprint density at radius 1 is 0.863 bits per heavy atom. The maximum Gasteiger partial charge on any atom is 0.269 e. The number of carbonyl (C=O) groups is 3. The number of phenols is 1.